The molecular weight excluding hydrogens is 232 g/mol. The van der Waals surface area contributed by atoms with E-state index in [1.54, 1.807) is 0 Å². The van der Waals surface area contributed by atoms with Crippen molar-refractivity contribution < 1.29 is 0 Å². The highest BCUT2D eigenvalue weighted by Crippen LogP contribution is 2.51. The second kappa shape index (κ2) is 4.93. The largest absolute Gasteiger partial charge is 0.311 e. The first-order valence-electron chi connectivity index (χ1n) is 7.25. The Labute approximate surface area is 115 Å². The number of benzene rings is 1. The highest BCUT2D eigenvalue weighted by molar-refractivity contribution is 5.78. The zero-order valence-corrected chi connectivity index (χ0v) is 11.8. The first kappa shape index (κ1) is 12.6. The lowest BCUT2D eigenvalue weighted by molar-refractivity contribution is 0.337. The van der Waals surface area contributed by atoms with E-state index in [0.717, 1.165) is 30.2 Å². The van der Waals surface area contributed by atoms with Gasteiger partial charge in [-0.1, -0.05) is 38.1 Å². The molecular formula is C17H22N2. The van der Waals surface area contributed by atoms with Crippen molar-refractivity contribution in [1.29, 1.82) is 0 Å². The number of pyridine rings is 1. The van der Waals surface area contributed by atoms with E-state index in [9.17, 15) is 0 Å². The molecule has 19 heavy (non-hydrogen) atoms. The van der Waals surface area contributed by atoms with Crippen LogP contribution in [0.3, 0.4) is 0 Å². The Balaban J connectivity index is 1.63. The lowest BCUT2D eigenvalue weighted by Crippen LogP contribution is -2.27. The molecule has 1 aliphatic rings. The van der Waals surface area contributed by atoms with Crippen molar-refractivity contribution in [2.75, 3.05) is 6.54 Å². The monoisotopic (exact) mass is 254 g/mol. The van der Waals surface area contributed by atoms with E-state index in [4.69, 9.17) is 4.98 Å². The first-order chi connectivity index (χ1) is 9.20. The SMILES string of the molecule is CC(C)C1(CNCc2ccc3ccccc3n2)CC1. The number of fused-ring (bicyclic) bond motifs is 1. The molecule has 3 rings (SSSR count). The summed E-state index contributed by atoms with van der Waals surface area (Å²) in [4.78, 5) is 4.70. The maximum atomic E-state index is 4.70. The maximum Gasteiger partial charge on any atom is 0.0705 e. The van der Waals surface area contributed by atoms with Crippen LogP contribution in [0, 0.1) is 11.3 Å². The summed E-state index contributed by atoms with van der Waals surface area (Å²) in [5.41, 5.74) is 2.79. The number of aromatic nitrogens is 1. The minimum atomic E-state index is 0.566. The van der Waals surface area contributed by atoms with Gasteiger partial charge in [-0.2, -0.15) is 0 Å². The summed E-state index contributed by atoms with van der Waals surface area (Å²) in [5.74, 6) is 0.782. The number of rotatable bonds is 5. The summed E-state index contributed by atoms with van der Waals surface area (Å²) in [6.07, 6.45) is 2.76. The molecule has 2 nitrogen and oxygen atoms in total. The molecule has 1 saturated carbocycles. The Bertz CT molecular complexity index is 570. The summed E-state index contributed by atoms with van der Waals surface area (Å²) >= 11 is 0. The van der Waals surface area contributed by atoms with Gasteiger partial charge in [-0.15, -0.1) is 0 Å². The molecule has 1 aliphatic carbocycles. The van der Waals surface area contributed by atoms with Crippen LogP contribution in [0.5, 0.6) is 0 Å². The van der Waals surface area contributed by atoms with E-state index in [1.807, 2.05) is 6.07 Å². The molecule has 100 valence electrons. The van der Waals surface area contributed by atoms with Crippen molar-refractivity contribution in [2.45, 2.75) is 33.2 Å². The zero-order valence-electron chi connectivity index (χ0n) is 11.8. The van der Waals surface area contributed by atoms with Gasteiger partial charge < -0.3 is 5.32 Å². The molecule has 1 aromatic heterocycles. The van der Waals surface area contributed by atoms with Gasteiger partial charge in [0.25, 0.3) is 0 Å². The Kier molecular flexibility index (Phi) is 3.28. The Morgan fingerprint density at radius 1 is 1.16 bits per heavy atom. The van der Waals surface area contributed by atoms with E-state index < -0.39 is 0 Å². The molecule has 0 atom stereocenters. The van der Waals surface area contributed by atoms with E-state index in [-0.39, 0.29) is 0 Å². The van der Waals surface area contributed by atoms with Crippen molar-refractivity contribution in [1.82, 2.24) is 10.3 Å². The van der Waals surface area contributed by atoms with E-state index in [2.05, 4.69) is 49.5 Å². The summed E-state index contributed by atoms with van der Waals surface area (Å²) in [5, 5.41) is 4.80. The third-order valence-electron chi connectivity index (χ3n) is 4.56. The van der Waals surface area contributed by atoms with Gasteiger partial charge in [-0.3, -0.25) is 4.98 Å². The standard InChI is InChI=1S/C17H22N2/c1-13(2)17(9-10-17)12-18-11-15-8-7-14-5-3-4-6-16(14)19-15/h3-8,13,18H,9-12H2,1-2H3. The molecule has 0 amide bonds. The van der Waals surface area contributed by atoms with Gasteiger partial charge in [0.1, 0.15) is 0 Å². The normalized spacial score (nSPS) is 17.0. The molecule has 1 N–H and O–H groups in total. The lowest BCUT2D eigenvalue weighted by Gasteiger charge is -2.19. The summed E-state index contributed by atoms with van der Waals surface area (Å²) in [6, 6.07) is 12.6. The quantitative estimate of drug-likeness (QED) is 0.878. The van der Waals surface area contributed by atoms with Gasteiger partial charge in [0.05, 0.1) is 11.2 Å². The molecule has 0 aliphatic heterocycles. The highest BCUT2D eigenvalue weighted by atomic mass is 14.9. The van der Waals surface area contributed by atoms with Crippen LogP contribution in [0.2, 0.25) is 0 Å². The smallest absolute Gasteiger partial charge is 0.0705 e. The van der Waals surface area contributed by atoms with Crippen LogP contribution in [-0.4, -0.2) is 11.5 Å². The topological polar surface area (TPSA) is 24.9 Å². The summed E-state index contributed by atoms with van der Waals surface area (Å²) < 4.78 is 0. The fourth-order valence-corrected chi connectivity index (χ4v) is 2.77. The van der Waals surface area contributed by atoms with Crippen molar-refractivity contribution >= 4 is 10.9 Å². The number of nitrogens with zero attached hydrogens (tertiary/aromatic N) is 1. The maximum absolute atomic E-state index is 4.70. The van der Waals surface area contributed by atoms with Gasteiger partial charge in [-0.25, -0.2) is 0 Å². The number of hydrogen-bond donors (Lipinski definition) is 1. The second-order valence-corrected chi connectivity index (χ2v) is 6.12. The van der Waals surface area contributed by atoms with E-state index >= 15 is 0 Å². The molecule has 2 heteroatoms. The number of nitrogens with one attached hydrogen (secondary N) is 1. The highest BCUT2D eigenvalue weighted by Gasteiger charge is 2.44. The third-order valence-corrected chi connectivity index (χ3v) is 4.56. The van der Waals surface area contributed by atoms with Crippen molar-refractivity contribution in [2.24, 2.45) is 11.3 Å². The fraction of sp³-hybridized carbons (Fsp3) is 0.471. The first-order valence-corrected chi connectivity index (χ1v) is 7.25. The molecule has 0 radical (unpaired) electrons. The zero-order chi connectivity index (χ0) is 13.3. The fourth-order valence-electron chi connectivity index (χ4n) is 2.77. The Hall–Kier alpha value is -1.41. The predicted octanol–water partition coefficient (Wildman–Crippen LogP) is 3.76. The molecule has 0 bridgehead atoms. The van der Waals surface area contributed by atoms with Crippen LogP contribution in [-0.2, 0) is 6.54 Å². The van der Waals surface area contributed by atoms with Crippen LogP contribution in [0.15, 0.2) is 36.4 Å². The number of para-hydroxylation sites is 1. The van der Waals surface area contributed by atoms with E-state index in [0.29, 0.717) is 5.41 Å². The Morgan fingerprint density at radius 2 is 1.95 bits per heavy atom. The second-order valence-electron chi connectivity index (χ2n) is 6.12. The van der Waals surface area contributed by atoms with Crippen molar-refractivity contribution in [3.63, 3.8) is 0 Å². The van der Waals surface area contributed by atoms with Gasteiger partial charge in [0, 0.05) is 18.5 Å². The summed E-state index contributed by atoms with van der Waals surface area (Å²) in [6.45, 7) is 6.67. The molecule has 0 spiro atoms. The van der Waals surface area contributed by atoms with E-state index in [1.165, 1.54) is 18.2 Å². The van der Waals surface area contributed by atoms with Gasteiger partial charge in [0.15, 0.2) is 0 Å². The number of hydrogen-bond acceptors (Lipinski definition) is 2. The minimum Gasteiger partial charge on any atom is -0.311 e. The van der Waals surface area contributed by atoms with Crippen molar-refractivity contribution in [3.8, 4) is 0 Å². The van der Waals surface area contributed by atoms with Crippen LogP contribution in [0.25, 0.3) is 10.9 Å². The van der Waals surface area contributed by atoms with Crippen LogP contribution < -0.4 is 5.32 Å². The third kappa shape index (κ3) is 2.64. The molecule has 1 heterocycles. The van der Waals surface area contributed by atoms with Gasteiger partial charge in [0.2, 0.25) is 0 Å². The van der Waals surface area contributed by atoms with Crippen molar-refractivity contribution in [3.05, 3.63) is 42.1 Å². The molecule has 1 fully saturated rings. The molecule has 2 aromatic rings. The van der Waals surface area contributed by atoms with Crippen LogP contribution in [0.4, 0.5) is 0 Å². The Morgan fingerprint density at radius 3 is 2.68 bits per heavy atom. The predicted molar refractivity (Wildman–Crippen MR) is 80.0 cm³/mol. The summed E-state index contributed by atoms with van der Waals surface area (Å²) in [7, 11) is 0. The van der Waals surface area contributed by atoms with Gasteiger partial charge in [-0.05, 0) is 36.3 Å². The molecule has 0 saturated heterocycles. The average molecular weight is 254 g/mol. The molecule has 0 unspecified atom stereocenters. The lowest BCUT2D eigenvalue weighted by atomic mass is 9.92. The molecule has 1 aromatic carbocycles. The van der Waals surface area contributed by atoms with Crippen LogP contribution in [0.1, 0.15) is 32.4 Å². The van der Waals surface area contributed by atoms with Crippen LogP contribution >= 0.6 is 0 Å². The minimum absolute atomic E-state index is 0.566. The van der Waals surface area contributed by atoms with Gasteiger partial charge >= 0.3 is 0 Å². The average Bonchev–Trinajstić information content (AvgIpc) is 3.20.